The molecule has 0 atom stereocenters. The average molecular weight is 214 g/mol. The Balaban J connectivity index is 2.82. The van der Waals surface area contributed by atoms with Crippen molar-refractivity contribution in [3.63, 3.8) is 0 Å². The second kappa shape index (κ2) is 2.97. The number of nitro benzene ring substituents is 1. The maximum atomic E-state index is 10.6. The molecule has 5 heteroatoms. The Morgan fingerprint density at radius 2 is 2.23 bits per heavy atom. The summed E-state index contributed by atoms with van der Waals surface area (Å²) in [7, 11) is 0. The largest absolute Gasteiger partial charge is 0.278 e. The lowest BCUT2D eigenvalue weighted by Gasteiger charge is -1.91. The summed E-state index contributed by atoms with van der Waals surface area (Å²) in [6.45, 7) is 0. The maximum Gasteiger partial charge on any atom is 0.278 e. The Labute approximate surface area is 82.7 Å². The van der Waals surface area contributed by atoms with Crippen molar-refractivity contribution in [3.8, 4) is 0 Å². The van der Waals surface area contributed by atoms with Gasteiger partial charge in [0.1, 0.15) is 0 Å². The second-order valence-electron chi connectivity index (χ2n) is 2.50. The number of nitrogens with zero attached hydrogens (tertiary/aromatic N) is 1. The van der Waals surface area contributed by atoms with E-state index in [1.165, 1.54) is 17.4 Å². The molecule has 0 spiro atoms. The minimum Gasteiger partial charge on any atom is -0.258 e. The molecule has 0 saturated carbocycles. The van der Waals surface area contributed by atoms with Gasteiger partial charge in [0.15, 0.2) is 0 Å². The van der Waals surface area contributed by atoms with Gasteiger partial charge in [-0.1, -0.05) is 17.7 Å². The molecule has 2 aromatic rings. The quantitative estimate of drug-likeness (QED) is 0.538. The van der Waals surface area contributed by atoms with Gasteiger partial charge in [-0.2, -0.15) is 0 Å². The number of nitro groups is 1. The van der Waals surface area contributed by atoms with Crippen LogP contribution in [-0.2, 0) is 0 Å². The van der Waals surface area contributed by atoms with Crippen LogP contribution in [0.15, 0.2) is 24.3 Å². The number of hydrogen-bond donors (Lipinski definition) is 0. The summed E-state index contributed by atoms with van der Waals surface area (Å²) < 4.78 is 1.42. The number of fused-ring (bicyclic) bond motifs is 1. The fourth-order valence-electron chi connectivity index (χ4n) is 1.17. The van der Waals surface area contributed by atoms with Gasteiger partial charge in [0.2, 0.25) is 0 Å². The monoisotopic (exact) mass is 213 g/mol. The summed E-state index contributed by atoms with van der Waals surface area (Å²) in [5, 5.41) is 11.2. The van der Waals surface area contributed by atoms with Crippen LogP contribution in [0, 0.1) is 10.1 Å². The first-order chi connectivity index (χ1) is 6.18. The van der Waals surface area contributed by atoms with E-state index in [4.69, 9.17) is 11.6 Å². The van der Waals surface area contributed by atoms with Gasteiger partial charge in [-0.05, 0) is 12.1 Å². The van der Waals surface area contributed by atoms with Crippen LogP contribution >= 0.6 is 22.9 Å². The number of thiophene rings is 1. The zero-order valence-corrected chi connectivity index (χ0v) is 7.93. The van der Waals surface area contributed by atoms with Crippen LogP contribution in [0.2, 0.25) is 4.34 Å². The molecular weight excluding hydrogens is 210 g/mol. The van der Waals surface area contributed by atoms with E-state index in [1.807, 2.05) is 6.07 Å². The lowest BCUT2D eigenvalue weighted by molar-refractivity contribution is -0.383. The molecule has 0 aliphatic rings. The molecular formula is C8H4ClNO2S. The van der Waals surface area contributed by atoms with Gasteiger partial charge in [0.05, 0.1) is 14.6 Å². The van der Waals surface area contributed by atoms with E-state index in [0.29, 0.717) is 9.72 Å². The van der Waals surface area contributed by atoms with E-state index in [9.17, 15) is 10.1 Å². The molecule has 1 aromatic carbocycles. The first-order valence-corrected chi connectivity index (χ1v) is 4.70. The van der Waals surface area contributed by atoms with Crippen LogP contribution in [0.5, 0.6) is 0 Å². The molecule has 0 unspecified atom stereocenters. The molecule has 1 aromatic heterocycles. The highest BCUT2D eigenvalue weighted by atomic mass is 35.5. The standard InChI is InChI=1S/C8H4ClNO2S/c9-8-4-5-6(10(11)12)2-1-3-7(5)13-8/h1-4H. The third kappa shape index (κ3) is 1.38. The fourth-order valence-corrected chi connectivity index (χ4v) is 2.34. The van der Waals surface area contributed by atoms with Gasteiger partial charge in [0.25, 0.3) is 5.69 Å². The van der Waals surface area contributed by atoms with E-state index < -0.39 is 4.92 Å². The first kappa shape index (κ1) is 8.47. The topological polar surface area (TPSA) is 43.1 Å². The van der Waals surface area contributed by atoms with Crippen LogP contribution in [0.1, 0.15) is 0 Å². The molecule has 0 amide bonds. The Morgan fingerprint density at radius 3 is 2.92 bits per heavy atom. The SMILES string of the molecule is O=[N+]([O-])c1cccc2sc(Cl)cc12. The molecule has 2 rings (SSSR count). The number of non-ortho nitro benzene ring substituents is 1. The minimum atomic E-state index is -0.397. The van der Waals surface area contributed by atoms with Crippen molar-refractivity contribution in [1.29, 1.82) is 0 Å². The number of benzene rings is 1. The fraction of sp³-hybridized carbons (Fsp3) is 0. The summed E-state index contributed by atoms with van der Waals surface area (Å²) >= 11 is 7.10. The van der Waals surface area contributed by atoms with Crippen LogP contribution in [0.3, 0.4) is 0 Å². The maximum absolute atomic E-state index is 10.6. The van der Waals surface area contributed by atoms with Gasteiger partial charge in [0, 0.05) is 10.8 Å². The normalized spacial score (nSPS) is 10.5. The van der Waals surface area contributed by atoms with E-state index in [2.05, 4.69) is 0 Å². The van der Waals surface area contributed by atoms with Crippen LogP contribution in [-0.4, -0.2) is 4.92 Å². The molecule has 0 aliphatic heterocycles. The zero-order valence-electron chi connectivity index (χ0n) is 6.36. The third-order valence-electron chi connectivity index (χ3n) is 1.71. The highest BCUT2D eigenvalue weighted by molar-refractivity contribution is 7.22. The van der Waals surface area contributed by atoms with E-state index in [0.717, 1.165) is 4.70 Å². The van der Waals surface area contributed by atoms with Gasteiger partial charge in [-0.3, -0.25) is 10.1 Å². The Bertz CT molecular complexity index is 480. The molecule has 13 heavy (non-hydrogen) atoms. The number of halogens is 1. The Kier molecular flexibility index (Phi) is 1.94. The molecule has 0 radical (unpaired) electrons. The van der Waals surface area contributed by atoms with Gasteiger partial charge in [-0.15, -0.1) is 11.3 Å². The number of rotatable bonds is 1. The molecule has 66 valence electrons. The van der Waals surface area contributed by atoms with Crippen molar-refractivity contribution in [2.24, 2.45) is 0 Å². The van der Waals surface area contributed by atoms with Crippen molar-refractivity contribution in [2.45, 2.75) is 0 Å². The van der Waals surface area contributed by atoms with Crippen molar-refractivity contribution in [1.82, 2.24) is 0 Å². The lowest BCUT2D eigenvalue weighted by atomic mass is 10.2. The van der Waals surface area contributed by atoms with Crippen LogP contribution in [0.4, 0.5) is 5.69 Å². The molecule has 0 N–H and O–H groups in total. The average Bonchev–Trinajstić information content (AvgIpc) is 2.43. The van der Waals surface area contributed by atoms with Crippen molar-refractivity contribution in [3.05, 3.63) is 38.7 Å². The summed E-state index contributed by atoms with van der Waals surface area (Å²) in [5.41, 5.74) is 0.112. The Hall–Kier alpha value is -1.13. The van der Waals surface area contributed by atoms with E-state index >= 15 is 0 Å². The predicted molar refractivity (Wildman–Crippen MR) is 53.5 cm³/mol. The number of hydrogen-bond acceptors (Lipinski definition) is 3. The van der Waals surface area contributed by atoms with Crippen LogP contribution in [0.25, 0.3) is 10.1 Å². The van der Waals surface area contributed by atoms with E-state index in [-0.39, 0.29) is 5.69 Å². The second-order valence-corrected chi connectivity index (χ2v) is 4.21. The molecule has 1 heterocycles. The highest BCUT2D eigenvalue weighted by Crippen LogP contribution is 2.34. The molecule has 0 bridgehead atoms. The highest BCUT2D eigenvalue weighted by Gasteiger charge is 2.12. The Morgan fingerprint density at radius 1 is 1.46 bits per heavy atom. The van der Waals surface area contributed by atoms with Gasteiger partial charge < -0.3 is 0 Å². The molecule has 3 nitrogen and oxygen atoms in total. The van der Waals surface area contributed by atoms with Crippen molar-refractivity contribution in [2.75, 3.05) is 0 Å². The summed E-state index contributed by atoms with van der Waals surface area (Å²) in [6, 6.07) is 6.58. The predicted octanol–water partition coefficient (Wildman–Crippen LogP) is 3.46. The smallest absolute Gasteiger partial charge is 0.258 e. The van der Waals surface area contributed by atoms with Crippen molar-refractivity contribution >= 4 is 38.7 Å². The van der Waals surface area contributed by atoms with Crippen LogP contribution < -0.4 is 0 Å². The summed E-state index contributed by atoms with van der Waals surface area (Å²) in [4.78, 5) is 10.2. The molecule has 0 saturated heterocycles. The van der Waals surface area contributed by atoms with Gasteiger partial charge in [-0.25, -0.2) is 0 Å². The lowest BCUT2D eigenvalue weighted by Crippen LogP contribution is -1.86. The van der Waals surface area contributed by atoms with Gasteiger partial charge >= 0.3 is 0 Å². The molecule has 0 fully saturated rings. The minimum absolute atomic E-state index is 0.112. The zero-order chi connectivity index (χ0) is 9.42. The first-order valence-electron chi connectivity index (χ1n) is 3.51. The third-order valence-corrected chi connectivity index (χ3v) is 2.93. The van der Waals surface area contributed by atoms with E-state index in [1.54, 1.807) is 12.1 Å². The summed E-state index contributed by atoms with van der Waals surface area (Å²) in [5.74, 6) is 0. The molecule has 0 aliphatic carbocycles. The van der Waals surface area contributed by atoms with Crippen molar-refractivity contribution < 1.29 is 4.92 Å². The summed E-state index contributed by atoms with van der Waals surface area (Å²) in [6.07, 6.45) is 0.